The molecular formula is C18H21FN4O4S. The van der Waals surface area contributed by atoms with Crippen LogP contribution in [0.2, 0.25) is 0 Å². The summed E-state index contributed by atoms with van der Waals surface area (Å²) in [7, 11) is 1.51. The number of carbonyl (C=O) groups excluding carboxylic acids is 3. The van der Waals surface area contributed by atoms with Gasteiger partial charge in [0.2, 0.25) is 17.7 Å². The van der Waals surface area contributed by atoms with E-state index in [1.165, 1.54) is 47.6 Å². The molecule has 0 saturated carbocycles. The Morgan fingerprint density at radius 3 is 2.57 bits per heavy atom. The van der Waals surface area contributed by atoms with E-state index in [4.69, 9.17) is 4.74 Å². The smallest absolute Gasteiger partial charge is 0.240 e. The first-order valence-electron chi connectivity index (χ1n) is 8.50. The Balaban J connectivity index is 1.98. The fourth-order valence-corrected chi connectivity index (χ4v) is 2.80. The summed E-state index contributed by atoms with van der Waals surface area (Å²) >= 11 is 1.27. The first-order chi connectivity index (χ1) is 13.5. The van der Waals surface area contributed by atoms with Crippen LogP contribution in [0.15, 0.2) is 35.8 Å². The molecule has 0 aliphatic carbocycles. The van der Waals surface area contributed by atoms with E-state index < -0.39 is 11.7 Å². The number of amides is 3. The number of nitrogens with zero attached hydrogens (tertiary/aromatic N) is 2. The molecule has 0 aliphatic rings. The van der Waals surface area contributed by atoms with Gasteiger partial charge in [0.25, 0.3) is 0 Å². The molecule has 0 bridgehead atoms. The molecule has 0 unspecified atom stereocenters. The van der Waals surface area contributed by atoms with E-state index in [-0.39, 0.29) is 31.2 Å². The predicted molar refractivity (Wildman–Crippen MR) is 104 cm³/mol. The minimum atomic E-state index is -0.455. The van der Waals surface area contributed by atoms with E-state index >= 15 is 0 Å². The van der Waals surface area contributed by atoms with Gasteiger partial charge in [0.15, 0.2) is 5.13 Å². The van der Waals surface area contributed by atoms with E-state index in [1.807, 2.05) is 0 Å². The molecule has 8 nitrogen and oxygen atoms in total. The highest BCUT2D eigenvalue weighted by molar-refractivity contribution is 7.13. The number of thiazole rings is 1. The van der Waals surface area contributed by atoms with Crippen molar-refractivity contribution in [2.75, 3.05) is 37.0 Å². The van der Waals surface area contributed by atoms with Crippen LogP contribution < -0.4 is 15.5 Å². The Morgan fingerprint density at radius 1 is 1.18 bits per heavy atom. The second-order valence-electron chi connectivity index (χ2n) is 5.68. The van der Waals surface area contributed by atoms with Crippen molar-refractivity contribution in [1.29, 1.82) is 0 Å². The first-order valence-corrected chi connectivity index (χ1v) is 9.38. The van der Waals surface area contributed by atoms with Crippen molar-refractivity contribution in [2.24, 2.45) is 0 Å². The molecule has 0 saturated heterocycles. The lowest BCUT2D eigenvalue weighted by atomic mass is 10.2. The zero-order chi connectivity index (χ0) is 20.4. The van der Waals surface area contributed by atoms with Crippen molar-refractivity contribution in [3.63, 3.8) is 0 Å². The van der Waals surface area contributed by atoms with Crippen LogP contribution in [0.25, 0.3) is 0 Å². The van der Waals surface area contributed by atoms with Gasteiger partial charge in [-0.2, -0.15) is 0 Å². The topological polar surface area (TPSA) is 101 Å². The standard InChI is InChI=1S/C18H21FN4O4S/c1-27-10-8-20-16(25)12-23(14-4-2-13(19)3-5-14)17(26)7-6-15(24)22-18-21-9-11-28-18/h2-5,9,11H,6-8,10,12H2,1H3,(H,20,25)(H,21,22,24). The highest BCUT2D eigenvalue weighted by atomic mass is 32.1. The van der Waals surface area contributed by atoms with E-state index in [0.29, 0.717) is 24.0 Å². The van der Waals surface area contributed by atoms with Gasteiger partial charge in [-0.1, -0.05) is 0 Å². The van der Waals surface area contributed by atoms with Crippen molar-refractivity contribution in [1.82, 2.24) is 10.3 Å². The molecule has 0 atom stereocenters. The third kappa shape index (κ3) is 7.05. The number of aromatic nitrogens is 1. The molecule has 0 spiro atoms. The van der Waals surface area contributed by atoms with Crippen molar-refractivity contribution < 1.29 is 23.5 Å². The van der Waals surface area contributed by atoms with Gasteiger partial charge >= 0.3 is 0 Å². The van der Waals surface area contributed by atoms with Crippen LogP contribution in [0.4, 0.5) is 15.2 Å². The number of methoxy groups -OCH3 is 1. The van der Waals surface area contributed by atoms with Gasteiger partial charge in [-0.05, 0) is 24.3 Å². The first kappa shape index (κ1) is 21.5. The van der Waals surface area contributed by atoms with Crippen LogP contribution in [-0.4, -0.2) is 49.5 Å². The maximum Gasteiger partial charge on any atom is 0.240 e. The van der Waals surface area contributed by atoms with Crippen molar-refractivity contribution in [3.8, 4) is 0 Å². The second kappa shape index (κ2) is 11.1. The quantitative estimate of drug-likeness (QED) is 0.584. The maximum atomic E-state index is 13.2. The number of carbonyl (C=O) groups is 3. The molecule has 1 aromatic heterocycles. The average Bonchev–Trinajstić information content (AvgIpc) is 3.18. The lowest BCUT2D eigenvalue weighted by molar-refractivity contribution is -0.125. The van der Waals surface area contributed by atoms with Gasteiger partial charge in [-0.3, -0.25) is 14.4 Å². The number of hydrogen-bond donors (Lipinski definition) is 2. The molecule has 3 amide bonds. The van der Waals surface area contributed by atoms with Crippen molar-refractivity contribution >= 4 is 39.9 Å². The summed E-state index contributed by atoms with van der Waals surface area (Å²) in [6.45, 7) is 0.395. The van der Waals surface area contributed by atoms with Crippen LogP contribution >= 0.6 is 11.3 Å². The minimum Gasteiger partial charge on any atom is -0.383 e. The molecule has 10 heteroatoms. The van der Waals surface area contributed by atoms with Crippen LogP contribution in [0.5, 0.6) is 0 Å². The molecule has 150 valence electrons. The number of nitrogens with one attached hydrogen (secondary N) is 2. The summed E-state index contributed by atoms with van der Waals surface area (Å²) in [5, 5.41) is 7.39. The summed E-state index contributed by atoms with van der Waals surface area (Å²) in [4.78, 5) is 41.9. The number of benzene rings is 1. The lowest BCUT2D eigenvalue weighted by Crippen LogP contribution is -2.42. The van der Waals surface area contributed by atoms with Crippen LogP contribution in [0.3, 0.4) is 0 Å². The average molecular weight is 408 g/mol. The maximum absolute atomic E-state index is 13.2. The molecule has 1 heterocycles. The zero-order valence-corrected chi connectivity index (χ0v) is 16.1. The molecule has 2 N–H and O–H groups in total. The lowest BCUT2D eigenvalue weighted by Gasteiger charge is -2.22. The van der Waals surface area contributed by atoms with Gasteiger partial charge < -0.3 is 20.3 Å². The molecular weight excluding hydrogens is 387 g/mol. The summed E-state index contributed by atoms with van der Waals surface area (Å²) in [5.74, 6) is -1.62. The fraction of sp³-hybridized carbons (Fsp3) is 0.333. The molecule has 0 fully saturated rings. The Morgan fingerprint density at radius 2 is 1.93 bits per heavy atom. The summed E-state index contributed by atoms with van der Waals surface area (Å²) < 4.78 is 18.1. The van der Waals surface area contributed by atoms with Gasteiger partial charge in [-0.15, -0.1) is 11.3 Å². The molecule has 0 radical (unpaired) electrons. The fourth-order valence-electron chi connectivity index (χ4n) is 2.26. The second-order valence-corrected chi connectivity index (χ2v) is 6.58. The van der Waals surface area contributed by atoms with Gasteiger partial charge in [0, 0.05) is 43.8 Å². The van der Waals surface area contributed by atoms with Gasteiger partial charge in [-0.25, -0.2) is 9.37 Å². The molecule has 1 aromatic carbocycles. The summed E-state index contributed by atoms with van der Waals surface area (Å²) in [6, 6.07) is 5.22. The predicted octanol–water partition coefficient (Wildman–Crippen LogP) is 1.80. The molecule has 28 heavy (non-hydrogen) atoms. The highest BCUT2D eigenvalue weighted by Crippen LogP contribution is 2.17. The minimum absolute atomic E-state index is 0.0681. The van der Waals surface area contributed by atoms with E-state index in [9.17, 15) is 18.8 Å². The third-order valence-electron chi connectivity index (χ3n) is 3.61. The number of hydrogen-bond acceptors (Lipinski definition) is 6. The van der Waals surface area contributed by atoms with Crippen molar-refractivity contribution in [3.05, 3.63) is 41.7 Å². The van der Waals surface area contributed by atoms with Crippen LogP contribution in [-0.2, 0) is 19.1 Å². The number of halogens is 1. The SMILES string of the molecule is COCCNC(=O)CN(C(=O)CCC(=O)Nc1nccs1)c1ccc(F)cc1. The van der Waals surface area contributed by atoms with Crippen LogP contribution in [0, 0.1) is 5.82 Å². The Labute approximate surface area is 165 Å². The normalized spacial score (nSPS) is 10.4. The van der Waals surface area contributed by atoms with E-state index in [1.54, 1.807) is 11.6 Å². The Bertz CT molecular complexity index is 783. The Kier molecular flexibility index (Phi) is 8.50. The number of anilines is 2. The van der Waals surface area contributed by atoms with Gasteiger partial charge in [0.05, 0.1) is 6.61 Å². The number of ether oxygens (including phenoxy) is 1. The van der Waals surface area contributed by atoms with Gasteiger partial charge in [0.1, 0.15) is 12.4 Å². The molecule has 2 aromatic rings. The van der Waals surface area contributed by atoms with Crippen molar-refractivity contribution in [2.45, 2.75) is 12.8 Å². The number of rotatable bonds is 10. The molecule has 2 rings (SSSR count). The highest BCUT2D eigenvalue weighted by Gasteiger charge is 2.20. The van der Waals surface area contributed by atoms with Crippen LogP contribution in [0.1, 0.15) is 12.8 Å². The molecule has 0 aliphatic heterocycles. The largest absolute Gasteiger partial charge is 0.383 e. The summed E-state index contributed by atoms with van der Waals surface area (Å²) in [6.07, 6.45) is 1.38. The Hall–Kier alpha value is -2.85. The summed E-state index contributed by atoms with van der Waals surface area (Å²) in [5.41, 5.74) is 0.369. The third-order valence-corrected chi connectivity index (χ3v) is 4.30. The van der Waals surface area contributed by atoms with E-state index in [2.05, 4.69) is 15.6 Å². The zero-order valence-electron chi connectivity index (χ0n) is 15.3. The van der Waals surface area contributed by atoms with E-state index in [0.717, 1.165) is 0 Å². The monoisotopic (exact) mass is 408 g/mol.